The van der Waals surface area contributed by atoms with Gasteiger partial charge in [0, 0.05) is 26.2 Å². The van der Waals surface area contributed by atoms with Crippen molar-refractivity contribution in [2.45, 2.75) is 45.3 Å². The van der Waals surface area contributed by atoms with Gasteiger partial charge in [0.1, 0.15) is 18.5 Å². The molecule has 2 atom stereocenters. The number of carbonyl (C=O) groups is 1. The fourth-order valence-corrected chi connectivity index (χ4v) is 6.72. The van der Waals surface area contributed by atoms with Crippen molar-refractivity contribution >= 4 is 6.09 Å². The van der Waals surface area contributed by atoms with Gasteiger partial charge in [0.2, 0.25) is 0 Å². The highest BCUT2D eigenvalue weighted by molar-refractivity contribution is 5.70. The summed E-state index contributed by atoms with van der Waals surface area (Å²) in [6.45, 7) is 12.8. The van der Waals surface area contributed by atoms with Gasteiger partial charge in [-0.05, 0) is 78.1 Å². The molecule has 0 saturated carbocycles. The van der Waals surface area contributed by atoms with Crippen LogP contribution in [0.4, 0.5) is 4.79 Å². The van der Waals surface area contributed by atoms with Crippen molar-refractivity contribution in [3.05, 3.63) is 53.6 Å². The van der Waals surface area contributed by atoms with E-state index in [2.05, 4.69) is 65.4 Å². The standard InChI is InChI=1S/C31H41N3O4/c1-31(2)20-25-18-24(23-4-3-5-26(19-23)37-17-14-33-12-15-36-16-13-33)6-7-27(25)29(31)32-30(35)38-28-21-34-10-8-22(28)9-11-34/h3-7,18-19,22,28-29H,8-17,20-21H2,1-2H3,(H,32,35)/t28-,29?/m0/s1. The third-order valence-corrected chi connectivity index (χ3v) is 8.95. The van der Waals surface area contributed by atoms with Gasteiger partial charge >= 0.3 is 6.09 Å². The molecule has 0 radical (unpaired) electrons. The highest BCUT2D eigenvalue weighted by Crippen LogP contribution is 2.46. The molecule has 2 aromatic rings. The molecule has 0 aromatic heterocycles. The smallest absolute Gasteiger partial charge is 0.407 e. The molecule has 7 rings (SSSR count). The number of piperidine rings is 3. The van der Waals surface area contributed by atoms with E-state index in [1.54, 1.807) is 0 Å². The van der Waals surface area contributed by atoms with Gasteiger partial charge in [-0.2, -0.15) is 0 Å². The van der Waals surface area contributed by atoms with Crippen molar-refractivity contribution in [2.75, 3.05) is 59.1 Å². The van der Waals surface area contributed by atoms with Crippen molar-refractivity contribution in [3.8, 4) is 16.9 Å². The Kier molecular flexibility index (Phi) is 7.34. The summed E-state index contributed by atoms with van der Waals surface area (Å²) in [5.74, 6) is 1.41. The van der Waals surface area contributed by atoms with Crippen molar-refractivity contribution in [2.24, 2.45) is 11.3 Å². The van der Waals surface area contributed by atoms with E-state index in [0.717, 1.165) is 83.1 Å². The number of rotatable bonds is 7. The first-order valence-electron chi connectivity index (χ1n) is 14.3. The monoisotopic (exact) mass is 519 g/mol. The number of fused-ring (bicyclic) bond motifs is 4. The summed E-state index contributed by atoms with van der Waals surface area (Å²) >= 11 is 0. The first kappa shape index (κ1) is 25.7. The van der Waals surface area contributed by atoms with Crippen molar-refractivity contribution in [1.82, 2.24) is 15.1 Å². The van der Waals surface area contributed by atoms with Crippen LogP contribution in [0.3, 0.4) is 0 Å². The average molecular weight is 520 g/mol. The molecule has 7 nitrogen and oxygen atoms in total. The van der Waals surface area contributed by atoms with Crippen LogP contribution in [-0.4, -0.2) is 81.1 Å². The van der Waals surface area contributed by atoms with Crippen molar-refractivity contribution < 1.29 is 19.0 Å². The lowest BCUT2D eigenvalue weighted by Gasteiger charge is -2.44. The summed E-state index contributed by atoms with van der Waals surface area (Å²) in [4.78, 5) is 17.8. The van der Waals surface area contributed by atoms with E-state index in [4.69, 9.17) is 14.2 Å². The van der Waals surface area contributed by atoms with Gasteiger partial charge in [0.05, 0.1) is 19.3 Å². The summed E-state index contributed by atoms with van der Waals surface area (Å²) in [5.41, 5.74) is 4.72. The minimum absolute atomic E-state index is 0.0206. The number of nitrogens with one attached hydrogen (secondary N) is 1. The molecule has 1 aliphatic carbocycles. The summed E-state index contributed by atoms with van der Waals surface area (Å²) < 4.78 is 17.5. The van der Waals surface area contributed by atoms with Crippen LogP contribution < -0.4 is 10.1 Å². The lowest BCUT2D eigenvalue weighted by molar-refractivity contribution is -0.0348. The number of carbonyl (C=O) groups excluding carboxylic acids is 1. The van der Waals surface area contributed by atoms with Gasteiger partial charge in [0.15, 0.2) is 0 Å². The highest BCUT2D eigenvalue weighted by Gasteiger charge is 2.42. The maximum Gasteiger partial charge on any atom is 0.407 e. The number of benzene rings is 2. The maximum absolute atomic E-state index is 13.0. The van der Waals surface area contributed by atoms with E-state index in [9.17, 15) is 4.79 Å². The molecule has 204 valence electrons. The Balaban J connectivity index is 1.10. The minimum atomic E-state index is -0.277. The fourth-order valence-electron chi connectivity index (χ4n) is 6.72. The number of hydrogen-bond donors (Lipinski definition) is 1. The second-order valence-electron chi connectivity index (χ2n) is 12.1. The second-order valence-corrected chi connectivity index (χ2v) is 12.1. The van der Waals surface area contributed by atoms with Gasteiger partial charge < -0.3 is 19.5 Å². The Morgan fingerprint density at radius 3 is 2.61 bits per heavy atom. The zero-order valence-corrected chi connectivity index (χ0v) is 22.8. The van der Waals surface area contributed by atoms with E-state index in [1.165, 1.54) is 16.7 Å². The van der Waals surface area contributed by atoms with E-state index in [1.807, 2.05) is 6.07 Å². The highest BCUT2D eigenvalue weighted by atomic mass is 16.6. The van der Waals surface area contributed by atoms with Gasteiger partial charge in [0.25, 0.3) is 0 Å². The number of hydrogen-bond acceptors (Lipinski definition) is 6. The molecule has 7 heteroatoms. The first-order valence-corrected chi connectivity index (χ1v) is 14.3. The lowest BCUT2D eigenvalue weighted by Crippen LogP contribution is -2.53. The molecule has 4 saturated heterocycles. The Bertz CT molecular complexity index is 1140. The molecule has 5 aliphatic rings. The molecular weight excluding hydrogens is 478 g/mol. The number of nitrogens with zero attached hydrogens (tertiary/aromatic N) is 2. The molecule has 4 heterocycles. The average Bonchev–Trinajstić information content (AvgIpc) is 3.18. The normalized spacial score (nSPS) is 28.1. The first-order chi connectivity index (χ1) is 18.4. The third kappa shape index (κ3) is 5.56. The number of ether oxygens (including phenoxy) is 3. The number of alkyl carbamates (subject to hydrolysis) is 1. The molecule has 1 unspecified atom stereocenters. The maximum atomic E-state index is 13.0. The molecule has 38 heavy (non-hydrogen) atoms. The van der Waals surface area contributed by atoms with Crippen LogP contribution in [0, 0.1) is 11.3 Å². The zero-order chi connectivity index (χ0) is 26.1. The van der Waals surface area contributed by atoms with Crippen LogP contribution in [0.2, 0.25) is 0 Å². The Hall–Kier alpha value is -2.61. The van der Waals surface area contributed by atoms with Crippen LogP contribution in [0.15, 0.2) is 42.5 Å². The third-order valence-electron chi connectivity index (χ3n) is 8.95. The van der Waals surface area contributed by atoms with Gasteiger partial charge in [-0.3, -0.25) is 9.80 Å². The molecule has 4 aliphatic heterocycles. The van der Waals surface area contributed by atoms with Crippen LogP contribution in [0.5, 0.6) is 5.75 Å². The number of amides is 1. The van der Waals surface area contributed by atoms with Crippen LogP contribution in [-0.2, 0) is 15.9 Å². The fraction of sp³-hybridized carbons (Fsp3) is 0.581. The van der Waals surface area contributed by atoms with Crippen LogP contribution >= 0.6 is 0 Å². The molecule has 2 aromatic carbocycles. The topological polar surface area (TPSA) is 63.3 Å². The summed E-state index contributed by atoms with van der Waals surface area (Å²) in [5, 5.41) is 3.24. The quantitative estimate of drug-likeness (QED) is 0.581. The van der Waals surface area contributed by atoms with Crippen LogP contribution in [0.25, 0.3) is 11.1 Å². The predicted octanol–water partition coefficient (Wildman–Crippen LogP) is 4.51. The molecule has 4 fully saturated rings. The van der Waals surface area contributed by atoms with Crippen molar-refractivity contribution in [3.63, 3.8) is 0 Å². The van der Waals surface area contributed by atoms with Gasteiger partial charge in [-0.1, -0.05) is 44.2 Å². The van der Waals surface area contributed by atoms with E-state index < -0.39 is 0 Å². The lowest BCUT2D eigenvalue weighted by atomic mass is 9.85. The molecule has 1 N–H and O–H groups in total. The SMILES string of the molecule is CC1(C)Cc2cc(-c3cccc(OCCN4CCOCC4)c3)ccc2C1NC(=O)O[C@H]1CN2CCC1CC2. The minimum Gasteiger partial charge on any atom is -0.492 e. The molecule has 0 spiro atoms. The summed E-state index contributed by atoms with van der Waals surface area (Å²) in [6, 6.07) is 14.9. The zero-order valence-electron chi connectivity index (χ0n) is 22.8. The Labute approximate surface area is 226 Å². The van der Waals surface area contributed by atoms with Crippen molar-refractivity contribution in [1.29, 1.82) is 0 Å². The Morgan fingerprint density at radius 1 is 1.05 bits per heavy atom. The number of morpholine rings is 1. The molecule has 2 bridgehead atoms. The van der Waals surface area contributed by atoms with E-state index >= 15 is 0 Å². The van der Waals surface area contributed by atoms with Gasteiger partial charge in [-0.25, -0.2) is 4.79 Å². The molecule has 1 amide bonds. The summed E-state index contributed by atoms with van der Waals surface area (Å²) in [7, 11) is 0. The van der Waals surface area contributed by atoms with Gasteiger partial charge in [-0.15, -0.1) is 0 Å². The summed E-state index contributed by atoms with van der Waals surface area (Å²) in [6.07, 6.45) is 2.93. The van der Waals surface area contributed by atoms with Crippen LogP contribution in [0.1, 0.15) is 43.9 Å². The predicted molar refractivity (Wildman–Crippen MR) is 147 cm³/mol. The molecular formula is C31H41N3O4. The Morgan fingerprint density at radius 2 is 1.84 bits per heavy atom. The van der Waals surface area contributed by atoms with E-state index in [-0.39, 0.29) is 23.7 Å². The largest absolute Gasteiger partial charge is 0.492 e. The van der Waals surface area contributed by atoms with E-state index in [0.29, 0.717) is 12.5 Å². The second kappa shape index (κ2) is 10.9.